The van der Waals surface area contributed by atoms with Crippen LogP contribution in [0, 0.1) is 0 Å². The summed E-state index contributed by atoms with van der Waals surface area (Å²) >= 11 is 0. The molecule has 0 radical (unpaired) electrons. The molecule has 0 spiro atoms. The van der Waals surface area contributed by atoms with Crippen molar-refractivity contribution in [1.29, 1.82) is 0 Å². The lowest BCUT2D eigenvalue weighted by atomic mass is 10.0. The molecule has 0 heterocycles. The van der Waals surface area contributed by atoms with Crippen molar-refractivity contribution in [3.63, 3.8) is 0 Å². The molecule has 0 aliphatic carbocycles. The van der Waals surface area contributed by atoms with Gasteiger partial charge in [-0.2, -0.15) is 0 Å². The lowest BCUT2D eigenvalue weighted by Gasteiger charge is -2.18. The van der Waals surface area contributed by atoms with Crippen LogP contribution >= 0.6 is 0 Å². The Balaban J connectivity index is 3.34. The number of esters is 1. The molecule has 6 nitrogen and oxygen atoms in total. The van der Waals surface area contributed by atoms with E-state index in [-0.39, 0.29) is 6.61 Å². The van der Waals surface area contributed by atoms with Gasteiger partial charge in [0.1, 0.15) is 0 Å². The molecule has 0 saturated heterocycles. The average molecular weight is 270 g/mol. The molecule has 1 N–H and O–H groups in total. The van der Waals surface area contributed by atoms with Gasteiger partial charge in [-0.25, -0.2) is 4.79 Å². The van der Waals surface area contributed by atoms with Gasteiger partial charge in [-0.3, -0.25) is 0 Å². The number of aliphatic hydroxyl groups excluding tert-OH is 1. The van der Waals surface area contributed by atoms with Crippen molar-refractivity contribution in [3.05, 3.63) is 23.3 Å². The standard InChI is InChI=1S/C13H18O6/c1-16-7-9-8(11(14)13(15)19-4)5-6-10(17-2)12(9)18-3/h5-6,11,14H,7H2,1-4H3. The molecule has 1 aromatic carbocycles. The second kappa shape index (κ2) is 6.96. The quantitative estimate of drug-likeness (QED) is 0.779. The molecule has 19 heavy (non-hydrogen) atoms. The molecule has 0 aromatic heterocycles. The normalized spacial score (nSPS) is 11.8. The number of hydrogen-bond acceptors (Lipinski definition) is 6. The summed E-state index contributed by atoms with van der Waals surface area (Å²) in [5.74, 6) is 0.171. The van der Waals surface area contributed by atoms with Crippen LogP contribution in [0.1, 0.15) is 17.2 Å². The predicted molar refractivity (Wildman–Crippen MR) is 67.2 cm³/mol. The van der Waals surface area contributed by atoms with Crippen molar-refractivity contribution >= 4 is 5.97 Å². The van der Waals surface area contributed by atoms with Gasteiger partial charge < -0.3 is 24.1 Å². The SMILES string of the molecule is COCc1c(C(O)C(=O)OC)ccc(OC)c1OC. The van der Waals surface area contributed by atoms with E-state index in [1.54, 1.807) is 12.1 Å². The molecule has 0 amide bonds. The summed E-state index contributed by atoms with van der Waals surface area (Å²) in [6.45, 7) is 0.170. The smallest absolute Gasteiger partial charge is 0.339 e. The van der Waals surface area contributed by atoms with E-state index in [1.165, 1.54) is 28.4 Å². The highest BCUT2D eigenvalue weighted by Crippen LogP contribution is 2.36. The summed E-state index contributed by atoms with van der Waals surface area (Å²) in [6.07, 6.45) is -1.39. The molecule has 0 aliphatic heterocycles. The summed E-state index contributed by atoms with van der Waals surface area (Å²) in [7, 11) is 5.70. The monoisotopic (exact) mass is 270 g/mol. The minimum atomic E-state index is -1.39. The first-order valence-electron chi connectivity index (χ1n) is 5.59. The van der Waals surface area contributed by atoms with Crippen molar-refractivity contribution in [1.82, 2.24) is 0 Å². The van der Waals surface area contributed by atoms with Gasteiger partial charge in [-0.05, 0) is 6.07 Å². The van der Waals surface area contributed by atoms with Crippen LogP contribution in [-0.2, 0) is 20.9 Å². The number of aliphatic hydroxyl groups is 1. The Kier molecular flexibility index (Phi) is 5.59. The van der Waals surface area contributed by atoms with E-state index in [2.05, 4.69) is 4.74 Å². The minimum Gasteiger partial charge on any atom is -0.493 e. The molecule has 0 aliphatic rings. The summed E-state index contributed by atoms with van der Waals surface area (Å²) < 4.78 is 20.0. The number of benzene rings is 1. The van der Waals surface area contributed by atoms with Crippen molar-refractivity contribution in [2.75, 3.05) is 28.4 Å². The van der Waals surface area contributed by atoms with E-state index in [4.69, 9.17) is 14.2 Å². The molecule has 1 unspecified atom stereocenters. The van der Waals surface area contributed by atoms with Crippen LogP contribution in [0.4, 0.5) is 0 Å². The lowest BCUT2D eigenvalue weighted by Crippen LogP contribution is -2.16. The Morgan fingerprint density at radius 2 is 1.89 bits per heavy atom. The maximum atomic E-state index is 11.4. The first-order valence-corrected chi connectivity index (χ1v) is 5.59. The van der Waals surface area contributed by atoms with E-state index < -0.39 is 12.1 Å². The van der Waals surface area contributed by atoms with E-state index in [1.807, 2.05) is 0 Å². The highest BCUT2D eigenvalue weighted by atomic mass is 16.5. The fourth-order valence-electron chi connectivity index (χ4n) is 1.79. The molecule has 0 bridgehead atoms. The van der Waals surface area contributed by atoms with Gasteiger partial charge in [0.2, 0.25) is 0 Å². The highest BCUT2D eigenvalue weighted by Gasteiger charge is 2.25. The molecule has 0 saturated carbocycles. The van der Waals surface area contributed by atoms with Gasteiger partial charge >= 0.3 is 5.97 Å². The van der Waals surface area contributed by atoms with Crippen LogP contribution < -0.4 is 9.47 Å². The summed E-state index contributed by atoms with van der Waals surface area (Å²) in [5.41, 5.74) is 0.911. The first-order chi connectivity index (χ1) is 9.10. The van der Waals surface area contributed by atoms with Gasteiger partial charge in [-0.1, -0.05) is 6.07 Å². The van der Waals surface area contributed by atoms with Gasteiger partial charge in [0.15, 0.2) is 17.6 Å². The number of hydrogen-bond donors (Lipinski definition) is 1. The van der Waals surface area contributed by atoms with Crippen LogP contribution in [0.2, 0.25) is 0 Å². The predicted octanol–water partition coefficient (Wildman–Crippen LogP) is 1.06. The Hall–Kier alpha value is -1.79. The highest BCUT2D eigenvalue weighted by molar-refractivity contribution is 5.77. The van der Waals surface area contributed by atoms with Gasteiger partial charge in [0.25, 0.3) is 0 Å². The van der Waals surface area contributed by atoms with Crippen LogP contribution in [0.5, 0.6) is 11.5 Å². The van der Waals surface area contributed by atoms with Crippen LogP contribution in [0.15, 0.2) is 12.1 Å². The number of carbonyl (C=O) groups is 1. The van der Waals surface area contributed by atoms with Crippen molar-refractivity contribution in [2.45, 2.75) is 12.7 Å². The maximum absolute atomic E-state index is 11.4. The number of methoxy groups -OCH3 is 4. The van der Waals surface area contributed by atoms with Crippen molar-refractivity contribution < 1.29 is 28.8 Å². The molecule has 0 fully saturated rings. The maximum Gasteiger partial charge on any atom is 0.339 e. The third kappa shape index (κ3) is 3.15. The van der Waals surface area contributed by atoms with Gasteiger partial charge in [-0.15, -0.1) is 0 Å². The van der Waals surface area contributed by atoms with E-state index >= 15 is 0 Å². The lowest BCUT2D eigenvalue weighted by molar-refractivity contribution is -0.150. The third-order valence-electron chi connectivity index (χ3n) is 2.69. The van der Waals surface area contributed by atoms with E-state index in [9.17, 15) is 9.90 Å². The van der Waals surface area contributed by atoms with Gasteiger partial charge in [0, 0.05) is 18.2 Å². The Morgan fingerprint density at radius 1 is 1.21 bits per heavy atom. The molecule has 106 valence electrons. The van der Waals surface area contributed by atoms with Crippen molar-refractivity contribution in [2.24, 2.45) is 0 Å². The molecule has 1 aromatic rings. The molecule has 6 heteroatoms. The number of ether oxygens (including phenoxy) is 4. The van der Waals surface area contributed by atoms with Gasteiger partial charge in [0.05, 0.1) is 27.9 Å². The fourth-order valence-corrected chi connectivity index (χ4v) is 1.79. The first kappa shape index (κ1) is 15.3. The second-order valence-corrected chi connectivity index (χ2v) is 3.73. The molecular formula is C13H18O6. The minimum absolute atomic E-state index is 0.170. The molecule has 1 atom stereocenters. The van der Waals surface area contributed by atoms with Crippen LogP contribution in [-0.4, -0.2) is 39.5 Å². The largest absolute Gasteiger partial charge is 0.493 e. The zero-order valence-electron chi connectivity index (χ0n) is 11.4. The second-order valence-electron chi connectivity index (χ2n) is 3.73. The fraction of sp³-hybridized carbons (Fsp3) is 0.462. The Bertz CT molecular complexity index is 443. The molecule has 1 rings (SSSR count). The Morgan fingerprint density at radius 3 is 2.37 bits per heavy atom. The Labute approximate surface area is 111 Å². The summed E-state index contributed by atoms with van der Waals surface area (Å²) in [4.78, 5) is 11.4. The summed E-state index contributed by atoms with van der Waals surface area (Å²) in [5, 5.41) is 9.95. The van der Waals surface area contributed by atoms with E-state index in [0.29, 0.717) is 22.6 Å². The van der Waals surface area contributed by atoms with Crippen molar-refractivity contribution in [3.8, 4) is 11.5 Å². The van der Waals surface area contributed by atoms with E-state index in [0.717, 1.165) is 0 Å². The van der Waals surface area contributed by atoms with Crippen LogP contribution in [0.3, 0.4) is 0 Å². The van der Waals surface area contributed by atoms with Crippen LogP contribution in [0.25, 0.3) is 0 Å². The average Bonchev–Trinajstić information content (AvgIpc) is 2.45. The zero-order valence-corrected chi connectivity index (χ0v) is 11.4. The topological polar surface area (TPSA) is 74.2 Å². The summed E-state index contributed by atoms with van der Waals surface area (Å²) in [6, 6.07) is 3.19. The third-order valence-corrected chi connectivity index (χ3v) is 2.69. The molecular weight excluding hydrogens is 252 g/mol. The zero-order chi connectivity index (χ0) is 14.4. The number of carbonyl (C=O) groups excluding carboxylic acids is 1. The number of rotatable bonds is 6.